The predicted molar refractivity (Wildman–Crippen MR) is 92.4 cm³/mol. The average molecular weight is 339 g/mol. The molecule has 1 aromatic carbocycles. The molecule has 1 saturated heterocycles. The molecule has 0 radical (unpaired) electrons. The number of urea groups is 1. The van der Waals surface area contributed by atoms with E-state index in [9.17, 15) is 14.4 Å². The molecule has 0 aromatic heterocycles. The molecule has 4 amide bonds. The van der Waals surface area contributed by atoms with E-state index in [-0.39, 0.29) is 18.4 Å². The molecule has 2 aliphatic heterocycles. The van der Waals surface area contributed by atoms with Crippen molar-refractivity contribution < 1.29 is 14.4 Å². The summed E-state index contributed by atoms with van der Waals surface area (Å²) in [4.78, 5) is 40.2. The maximum absolute atomic E-state index is 12.6. The first kappa shape index (κ1) is 15.9. The van der Waals surface area contributed by atoms with Crippen molar-refractivity contribution >= 4 is 23.4 Å². The van der Waals surface area contributed by atoms with Gasteiger partial charge in [-0.15, -0.1) is 0 Å². The van der Waals surface area contributed by atoms with Crippen LogP contribution in [0.1, 0.15) is 31.2 Å². The standard InChI is InChI=1S/C19H21N3O3/c23-16(21-11-8-15(12-21)14-6-2-1-3-7-14)13-22-17(24)19(20-18(22)25)9-4-5-10-19/h1-3,6-8H,4-5,9-13H2,(H,20,25). The predicted octanol–water partition coefficient (Wildman–Crippen LogP) is 1.78. The molecular formula is C19H21N3O3. The lowest BCUT2D eigenvalue weighted by molar-refractivity contribution is -0.138. The summed E-state index contributed by atoms with van der Waals surface area (Å²) < 4.78 is 0. The van der Waals surface area contributed by atoms with Gasteiger partial charge in [0.1, 0.15) is 12.1 Å². The van der Waals surface area contributed by atoms with Gasteiger partial charge in [0.2, 0.25) is 5.91 Å². The number of hydrogen-bond acceptors (Lipinski definition) is 3. The third-order valence-corrected chi connectivity index (χ3v) is 5.41. The van der Waals surface area contributed by atoms with Crippen LogP contribution in [0.2, 0.25) is 0 Å². The van der Waals surface area contributed by atoms with Gasteiger partial charge >= 0.3 is 6.03 Å². The summed E-state index contributed by atoms with van der Waals surface area (Å²) in [6.07, 6.45) is 5.24. The molecule has 1 aromatic rings. The topological polar surface area (TPSA) is 69.7 Å². The molecule has 1 N–H and O–H groups in total. The second-order valence-electron chi connectivity index (χ2n) is 6.98. The molecule has 4 rings (SSSR count). The Balaban J connectivity index is 1.40. The van der Waals surface area contributed by atoms with Gasteiger partial charge in [-0.1, -0.05) is 49.2 Å². The fourth-order valence-corrected chi connectivity index (χ4v) is 3.98. The number of imide groups is 1. The van der Waals surface area contributed by atoms with Gasteiger partial charge in [0.15, 0.2) is 0 Å². The summed E-state index contributed by atoms with van der Waals surface area (Å²) >= 11 is 0. The van der Waals surface area contributed by atoms with E-state index in [4.69, 9.17) is 0 Å². The van der Waals surface area contributed by atoms with Gasteiger partial charge in [-0.2, -0.15) is 0 Å². The molecule has 2 fully saturated rings. The Morgan fingerprint density at radius 1 is 1.12 bits per heavy atom. The van der Waals surface area contributed by atoms with Crippen molar-refractivity contribution in [1.82, 2.24) is 15.1 Å². The van der Waals surface area contributed by atoms with E-state index in [0.717, 1.165) is 28.9 Å². The largest absolute Gasteiger partial charge is 0.333 e. The first-order valence-electron chi connectivity index (χ1n) is 8.75. The van der Waals surface area contributed by atoms with Crippen molar-refractivity contribution in [2.45, 2.75) is 31.2 Å². The van der Waals surface area contributed by atoms with Crippen molar-refractivity contribution in [1.29, 1.82) is 0 Å². The second-order valence-corrected chi connectivity index (χ2v) is 6.98. The number of amides is 4. The van der Waals surface area contributed by atoms with Crippen LogP contribution in [0.5, 0.6) is 0 Å². The van der Waals surface area contributed by atoms with Crippen LogP contribution in [-0.4, -0.2) is 52.8 Å². The number of benzene rings is 1. The molecule has 130 valence electrons. The lowest BCUT2D eigenvalue weighted by Gasteiger charge is -2.22. The summed E-state index contributed by atoms with van der Waals surface area (Å²) in [6, 6.07) is 9.49. The van der Waals surface area contributed by atoms with Crippen LogP contribution in [0.4, 0.5) is 4.79 Å². The minimum Gasteiger partial charge on any atom is -0.333 e. The van der Waals surface area contributed by atoms with Gasteiger partial charge in [0.05, 0.1) is 0 Å². The monoisotopic (exact) mass is 339 g/mol. The van der Waals surface area contributed by atoms with Gasteiger partial charge in [0.25, 0.3) is 5.91 Å². The molecule has 25 heavy (non-hydrogen) atoms. The second kappa shape index (κ2) is 6.02. The fourth-order valence-electron chi connectivity index (χ4n) is 3.98. The van der Waals surface area contributed by atoms with Crippen LogP contribution < -0.4 is 5.32 Å². The minimum atomic E-state index is -0.754. The van der Waals surface area contributed by atoms with Gasteiger partial charge in [0, 0.05) is 13.1 Å². The van der Waals surface area contributed by atoms with Crippen LogP contribution in [0.15, 0.2) is 36.4 Å². The SMILES string of the molecule is O=C(CN1C(=O)NC2(CCCC2)C1=O)N1CC=C(c2ccccc2)C1. The average Bonchev–Trinajstić information content (AvgIpc) is 3.33. The normalized spacial score (nSPS) is 21.8. The van der Waals surface area contributed by atoms with Crippen LogP contribution in [0.3, 0.4) is 0 Å². The van der Waals surface area contributed by atoms with Gasteiger partial charge in [-0.25, -0.2) is 4.79 Å². The zero-order valence-electron chi connectivity index (χ0n) is 14.0. The van der Waals surface area contributed by atoms with Crippen molar-refractivity contribution in [2.24, 2.45) is 0 Å². The molecule has 1 spiro atoms. The van der Waals surface area contributed by atoms with E-state index in [2.05, 4.69) is 5.32 Å². The highest BCUT2D eigenvalue weighted by Gasteiger charge is 2.52. The van der Waals surface area contributed by atoms with E-state index in [1.54, 1.807) is 4.90 Å². The first-order valence-corrected chi connectivity index (χ1v) is 8.75. The van der Waals surface area contributed by atoms with Crippen LogP contribution in [0, 0.1) is 0 Å². The molecule has 6 heteroatoms. The molecule has 1 aliphatic carbocycles. The molecule has 2 heterocycles. The number of hydrogen-bond donors (Lipinski definition) is 1. The van der Waals surface area contributed by atoms with Crippen molar-refractivity contribution in [2.75, 3.05) is 19.6 Å². The molecular weight excluding hydrogens is 318 g/mol. The highest BCUT2D eigenvalue weighted by Crippen LogP contribution is 2.35. The summed E-state index contributed by atoms with van der Waals surface area (Å²) in [5.41, 5.74) is 1.44. The van der Waals surface area contributed by atoms with Crippen LogP contribution in [0.25, 0.3) is 5.57 Å². The van der Waals surface area contributed by atoms with E-state index in [0.29, 0.717) is 25.9 Å². The number of nitrogens with one attached hydrogen (secondary N) is 1. The maximum atomic E-state index is 12.6. The van der Waals surface area contributed by atoms with E-state index >= 15 is 0 Å². The number of carbonyl (C=O) groups excluding carboxylic acids is 3. The highest BCUT2D eigenvalue weighted by molar-refractivity contribution is 6.09. The summed E-state index contributed by atoms with van der Waals surface area (Å²) in [6.45, 7) is 0.845. The van der Waals surface area contributed by atoms with Gasteiger partial charge in [-0.05, 0) is 24.0 Å². The molecule has 6 nitrogen and oxygen atoms in total. The zero-order valence-corrected chi connectivity index (χ0v) is 14.0. The maximum Gasteiger partial charge on any atom is 0.325 e. The smallest absolute Gasteiger partial charge is 0.325 e. The number of rotatable bonds is 3. The lowest BCUT2D eigenvalue weighted by atomic mass is 9.98. The fraction of sp³-hybridized carbons (Fsp3) is 0.421. The quantitative estimate of drug-likeness (QED) is 0.854. The van der Waals surface area contributed by atoms with Crippen LogP contribution >= 0.6 is 0 Å². The molecule has 1 saturated carbocycles. The lowest BCUT2D eigenvalue weighted by Crippen LogP contribution is -2.45. The summed E-state index contributed by atoms with van der Waals surface area (Å²) in [5.74, 6) is -0.431. The van der Waals surface area contributed by atoms with Gasteiger partial charge < -0.3 is 10.2 Å². The third kappa shape index (κ3) is 2.71. The summed E-state index contributed by atoms with van der Waals surface area (Å²) in [5, 5.41) is 2.81. The van der Waals surface area contributed by atoms with Crippen LogP contribution in [-0.2, 0) is 9.59 Å². The van der Waals surface area contributed by atoms with E-state index in [1.165, 1.54) is 0 Å². The Hall–Kier alpha value is -2.63. The van der Waals surface area contributed by atoms with E-state index in [1.807, 2.05) is 36.4 Å². The number of nitrogens with zero attached hydrogens (tertiary/aromatic N) is 2. The molecule has 0 atom stereocenters. The first-order chi connectivity index (χ1) is 12.1. The van der Waals surface area contributed by atoms with Gasteiger partial charge in [-0.3, -0.25) is 14.5 Å². The Morgan fingerprint density at radius 2 is 1.84 bits per heavy atom. The van der Waals surface area contributed by atoms with Crippen molar-refractivity contribution in [3.8, 4) is 0 Å². The minimum absolute atomic E-state index is 0.178. The molecule has 3 aliphatic rings. The van der Waals surface area contributed by atoms with E-state index < -0.39 is 11.6 Å². The zero-order chi connectivity index (χ0) is 17.4. The number of carbonyl (C=O) groups is 3. The Bertz CT molecular complexity index is 750. The Morgan fingerprint density at radius 3 is 2.56 bits per heavy atom. The Kier molecular flexibility index (Phi) is 3.82. The molecule has 0 bridgehead atoms. The van der Waals surface area contributed by atoms with Crippen molar-refractivity contribution in [3.05, 3.63) is 42.0 Å². The molecule has 0 unspecified atom stereocenters. The third-order valence-electron chi connectivity index (χ3n) is 5.41. The Labute approximate surface area is 146 Å². The highest BCUT2D eigenvalue weighted by atomic mass is 16.2. The summed E-state index contributed by atoms with van der Waals surface area (Å²) in [7, 11) is 0. The van der Waals surface area contributed by atoms with Crippen molar-refractivity contribution in [3.63, 3.8) is 0 Å².